The lowest BCUT2D eigenvalue weighted by Gasteiger charge is -2.10. The van der Waals surface area contributed by atoms with Gasteiger partial charge in [0, 0.05) is 24.6 Å². The number of hydrogen-bond donors (Lipinski definition) is 1. The topological polar surface area (TPSA) is 70.1 Å². The van der Waals surface area contributed by atoms with Crippen molar-refractivity contribution in [1.82, 2.24) is 9.55 Å². The molecular weight excluding hydrogens is 242 g/mol. The van der Waals surface area contributed by atoms with Crippen LogP contribution in [0.4, 0.5) is 5.69 Å². The van der Waals surface area contributed by atoms with E-state index < -0.39 is 0 Å². The first-order valence-corrected chi connectivity index (χ1v) is 6.16. The third-order valence-electron chi connectivity index (χ3n) is 2.76. The first-order valence-electron chi connectivity index (χ1n) is 6.16. The second kappa shape index (κ2) is 6.04. The number of aromatic nitrogens is 2. The second-order valence-corrected chi connectivity index (χ2v) is 4.31. The molecule has 1 aromatic carbocycles. The van der Waals surface area contributed by atoms with Gasteiger partial charge in [0.2, 0.25) is 0 Å². The normalized spacial score (nSPS) is 10.4. The van der Waals surface area contributed by atoms with Gasteiger partial charge >= 0.3 is 0 Å². The number of nitrogens with two attached hydrogens (primary N) is 1. The molecule has 0 radical (unpaired) electrons. The van der Waals surface area contributed by atoms with Crippen LogP contribution in [0.15, 0.2) is 36.9 Å². The zero-order chi connectivity index (χ0) is 13.7. The van der Waals surface area contributed by atoms with E-state index in [0.29, 0.717) is 23.6 Å². The fourth-order valence-corrected chi connectivity index (χ4v) is 1.80. The van der Waals surface area contributed by atoms with Crippen molar-refractivity contribution in [3.8, 4) is 5.75 Å². The lowest BCUT2D eigenvalue weighted by molar-refractivity contribution is 0.101. The highest BCUT2D eigenvalue weighted by Crippen LogP contribution is 2.22. The molecule has 0 saturated heterocycles. The molecule has 0 amide bonds. The van der Waals surface area contributed by atoms with Crippen LogP contribution >= 0.6 is 0 Å². The van der Waals surface area contributed by atoms with E-state index in [4.69, 9.17) is 10.5 Å². The second-order valence-electron chi connectivity index (χ2n) is 4.31. The third kappa shape index (κ3) is 3.58. The van der Waals surface area contributed by atoms with Crippen LogP contribution in [-0.2, 0) is 6.54 Å². The number of carbonyl (C=O) groups is 1. The summed E-state index contributed by atoms with van der Waals surface area (Å²) in [7, 11) is 0. The van der Waals surface area contributed by atoms with Crippen LogP contribution in [0.2, 0.25) is 0 Å². The minimum atomic E-state index is -0.0445. The largest absolute Gasteiger partial charge is 0.493 e. The van der Waals surface area contributed by atoms with Crippen LogP contribution in [-0.4, -0.2) is 21.9 Å². The molecule has 100 valence electrons. The van der Waals surface area contributed by atoms with Crippen LogP contribution in [0.1, 0.15) is 23.7 Å². The van der Waals surface area contributed by atoms with E-state index in [1.807, 2.05) is 10.8 Å². The number of carbonyl (C=O) groups excluding carboxylic acids is 1. The minimum Gasteiger partial charge on any atom is -0.493 e. The van der Waals surface area contributed by atoms with Crippen molar-refractivity contribution >= 4 is 11.5 Å². The SMILES string of the molecule is CC(=O)c1cc(N)ccc1OCCCn1ccnc1. The number of benzene rings is 1. The van der Waals surface area contributed by atoms with Crippen molar-refractivity contribution < 1.29 is 9.53 Å². The third-order valence-corrected chi connectivity index (χ3v) is 2.76. The average Bonchev–Trinajstić information content (AvgIpc) is 2.89. The van der Waals surface area contributed by atoms with Crippen molar-refractivity contribution in [2.45, 2.75) is 19.9 Å². The summed E-state index contributed by atoms with van der Waals surface area (Å²) in [6, 6.07) is 5.12. The van der Waals surface area contributed by atoms with E-state index in [2.05, 4.69) is 4.98 Å². The maximum absolute atomic E-state index is 11.5. The Morgan fingerprint density at radius 3 is 3.00 bits per heavy atom. The summed E-state index contributed by atoms with van der Waals surface area (Å²) in [6.07, 6.45) is 6.27. The average molecular weight is 259 g/mol. The molecule has 0 atom stereocenters. The Hall–Kier alpha value is -2.30. The van der Waals surface area contributed by atoms with Crippen LogP contribution in [0, 0.1) is 0 Å². The molecule has 19 heavy (non-hydrogen) atoms. The zero-order valence-corrected chi connectivity index (χ0v) is 10.9. The van der Waals surface area contributed by atoms with Gasteiger partial charge in [0.1, 0.15) is 5.75 Å². The molecule has 0 unspecified atom stereocenters. The van der Waals surface area contributed by atoms with Crippen LogP contribution < -0.4 is 10.5 Å². The van der Waals surface area contributed by atoms with Crippen molar-refractivity contribution in [2.24, 2.45) is 0 Å². The van der Waals surface area contributed by atoms with Crippen LogP contribution in [0.5, 0.6) is 5.75 Å². The van der Waals surface area contributed by atoms with Gasteiger partial charge in [-0.05, 0) is 31.5 Å². The molecule has 1 heterocycles. The van der Waals surface area contributed by atoms with Gasteiger partial charge in [-0.1, -0.05) is 0 Å². The standard InChI is InChI=1S/C14H17N3O2/c1-11(18)13-9-12(15)3-4-14(13)19-8-2-6-17-7-5-16-10-17/h3-5,7,9-10H,2,6,8,15H2,1H3. The Morgan fingerprint density at radius 2 is 2.32 bits per heavy atom. The number of nitrogen functional groups attached to an aromatic ring is 1. The number of rotatable bonds is 6. The fraction of sp³-hybridized carbons (Fsp3) is 0.286. The minimum absolute atomic E-state index is 0.0445. The summed E-state index contributed by atoms with van der Waals surface area (Å²) in [4.78, 5) is 15.5. The van der Waals surface area contributed by atoms with Gasteiger partial charge in [-0.2, -0.15) is 0 Å². The summed E-state index contributed by atoms with van der Waals surface area (Å²) in [5.41, 5.74) is 6.76. The number of anilines is 1. The Labute approximate surface area is 112 Å². The summed E-state index contributed by atoms with van der Waals surface area (Å²) < 4.78 is 7.63. The number of imidazole rings is 1. The maximum atomic E-state index is 11.5. The number of aryl methyl sites for hydroxylation is 1. The van der Waals surface area contributed by atoms with E-state index in [-0.39, 0.29) is 5.78 Å². The number of ether oxygens (including phenoxy) is 1. The summed E-state index contributed by atoms with van der Waals surface area (Å²) in [5.74, 6) is 0.546. The van der Waals surface area contributed by atoms with Crippen molar-refractivity contribution in [3.63, 3.8) is 0 Å². The van der Waals surface area contributed by atoms with E-state index >= 15 is 0 Å². The van der Waals surface area contributed by atoms with Crippen LogP contribution in [0.3, 0.4) is 0 Å². The summed E-state index contributed by atoms with van der Waals surface area (Å²) >= 11 is 0. The predicted molar refractivity (Wildman–Crippen MR) is 73.2 cm³/mol. The summed E-state index contributed by atoms with van der Waals surface area (Å²) in [5, 5.41) is 0. The van der Waals surface area contributed by atoms with Gasteiger partial charge in [0.05, 0.1) is 18.5 Å². The highest BCUT2D eigenvalue weighted by atomic mass is 16.5. The van der Waals surface area contributed by atoms with Crippen molar-refractivity contribution in [1.29, 1.82) is 0 Å². The van der Waals surface area contributed by atoms with Crippen molar-refractivity contribution in [2.75, 3.05) is 12.3 Å². The molecule has 2 rings (SSSR count). The van der Waals surface area contributed by atoms with Gasteiger partial charge in [0.15, 0.2) is 5.78 Å². The Balaban J connectivity index is 1.90. The van der Waals surface area contributed by atoms with E-state index in [1.54, 1.807) is 30.7 Å². The van der Waals surface area contributed by atoms with E-state index in [9.17, 15) is 4.79 Å². The molecule has 2 N–H and O–H groups in total. The molecule has 0 saturated carbocycles. The first-order chi connectivity index (χ1) is 9.16. The molecule has 0 aliphatic rings. The highest BCUT2D eigenvalue weighted by Gasteiger charge is 2.08. The zero-order valence-electron chi connectivity index (χ0n) is 10.9. The first kappa shape index (κ1) is 13.1. The number of hydrogen-bond acceptors (Lipinski definition) is 4. The number of nitrogens with zero attached hydrogens (tertiary/aromatic N) is 2. The molecule has 0 aliphatic heterocycles. The fourth-order valence-electron chi connectivity index (χ4n) is 1.80. The Bertz CT molecular complexity index is 550. The highest BCUT2D eigenvalue weighted by molar-refractivity contribution is 5.97. The van der Waals surface area contributed by atoms with Gasteiger partial charge in [-0.15, -0.1) is 0 Å². The summed E-state index contributed by atoms with van der Waals surface area (Å²) in [6.45, 7) is 2.89. The lowest BCUT2D eigenvalue weighted by Crippen LogP contribution is -2.06. The van der Waals surface area contributed by atoms with Crippen LogP contribution in [0.25, 0.3) is 0 Å². The van der Waals surface area contributed by atoms with Gasteiger partial charge in [-0.25, -0.2) is 4.98 Å². The molecule has 1 aromatic heterocycles. The number of ketones is 1. The molecule has 5 heteroatoms. The van der Waals surface area contributed by atoms with E-state index in [1.165, 1.54) is 6.92 Å². The Kier molecular flexibility index (Phi) is 4.18. The molecule has 0 spiro atoms. The quantitative estimate of drug-likeness (QED) is 0.490. The number of Topliss-reactive ketones (excluding diaryl/α,β-unsaturated/α-hetero) is 1. The van der Waals surface area contributed by atoms with Gasteiger partial charge < -0.3 is 15.0 Å². The molecule has 0 aliphatic carbocycles. The predicted octanol–water partition coefficient (Wildman–Crippen LogP) is 2.14. The molecule has 5 nitrogen and oxygen atoms in total. The molecule has 2 aromatic rings. The van der Waals surface area contributed by atoms with E-state index in [0.717, 1.165) is 13.0 Å². The van der Waals surface area contributed by atoms with Crippen molar-refractivity contribution in [3.05, 3.63) is 42.5 Å². The monoisotopic (exact) mass is 259 g/mol. The Morgan fingerprint density at radius 1 is 1.47 bits per heavy atom. The smallest absolute Gasteiger partial charge is 0.163 e. The molecule has 0 fully saturated rings. The lowest BCUT2D eigenvalue weighted by atomic mass is 10.1. The van der Waals surface area contributed by atoms with Gasteiger partial charge in [-0.3, -0.25) is 4.79 Å². The van der Waals surface area contributed by atoms with Gasteiger partial charge in [0.25, 0.3) is 0 Å². The molecular formula is C14H17N3O2. The maximum Gasteiger partial charge on any atom is 0.163 e. The molecule has 0 bridgehead atoms.